The summed E-state index contributed by atoms with van der Waals surface area (Å²) in [5.74, 6) is 0.603. The highest BCUT2D eigenvalue weighted by Crippen LogP contribution is 2.37. The molecule has 154 valence electrons. The number of alkyl halides is 1. The first-order chi connectivity index (χ1) is 13.2. The maximum Gasteiger partial charge on any atom is 0.251 e. The van der Waals surface area contributed by atoms with E-state index in [-0.39, 0.29) is 23.9 Å². The quantitative estimate of drug-likeness (QED) is 0.529. The average molecular weight is 390 g/mol. The third kappa shape index (κ3) is 6.98. The standard InChI is InChI=1S/C22H32FN3O2/c1-13(18-8-9-18)10-19(7-6-14(2)23)16(4)25-22(28)20-11-15(3)24-21(12-20)26-17(5)27/h10-12,14-16,18,24H,1,6-9H2,2-5H3,(H,25,28)(H,26,27)/b19-10+/t14-,15?,16?/m1/s1. The van der Waals surface area contributed by atoms with Crippen LogP contribution >= 0.6 is 0 Å². The smallest absolute Gasteiger partial charge is 0.251 e. The van der Waals surface area contributed by atoms with E-state index in [2.05, 4.69) is 22.5 Å². The Balaban J connectivity index is 2.09. The minimum Gasteiger partial charge on any atom is -0.366 e. The maximum absolute atomic E-state index is 13.4. The molecule has 0 saturated heterocycles. The predicted molar refractivity (Wildman–Crippen MR) is 110 cm³/mol. The van der Waals surface area contributed by atoms with Crippen LogP contribution in [0.5, 0.6) is 0 Å². The average Bonchev–Trinajstić information content (AvgIpc) is 3.41. The van der Waals surface area contributed by atoms with Crippen LogP contribution in [-0.2, 0) is 9.59 Å². The van der Waals surface area contributed by atoms with Gasteiger partial charge in [-0.05, 0) is 70.1 Å². The van der Waals surface area contributed by atoms with Crippen molar-refractivity contribution in [3.05, 3.63) is 47.3 Å². The second kappa shape index (κ2) is 9.71. The zero-order valence-electron chi connectivity index (χ0n) is 17.3. The number of dihydropyridines is 1. The van der Waals surface area contributed by atoms with Crippen LogP contribution in [0.3, 0.4) is 0 Å². The Bertz CT molecular complexity index is 717. The number of carbonyl (C=O) groups excluding carboxylic acids is 2. The summed E-state index contributed by atoms with van der Waals surface area (Å²) < 4.78 is 13.4. The van der Waals surface area contributed by atoms with E-state index < -0.39 is 6.17 Å². The van der Waals surface area contributed by atoms with E-state index in [1.807, 2.05) is 26.0 Å². The van der Waals surface area contributed by atoms with Crippen LogP contribution in [0.4, 0.5) is 4.39 Å². The summed E-state index contributed by atoms with van der Waals surface area (Å²) in [6.45, 7) is 10.9. The highest BCUT2D eigenvalue weighted by atomic mass is 19.1. The summed E-state index contributed by atoms with van der Waals surface area (Å²) in [6, 6.07) is -0.314. The molecule has 0 bridgehead atoms. The van der Waals surface area contributed by atoms with Gasteiger partial charge in [0.1, 0.15) is 5.82 Å². The topological polar surface area (TPSA) is 70.2 Å². The van der Waals surface area contributed by atoms with Crippen LogP contribution in [-0.4, -0.2) is 30.1 Å². The lowest BCUT2D eigenvalue weighted by atomic mass is 9.97. The highest BCUT2D eigenvalue weighted by Gasteiger charge is 2.25. The molecule has 0 spiro atoms. The molecule has 0 aromatic carbocycles. The zero-order chi connectivity index (χ0) is 20.8. The molecule has 2 unspecified atom stereocenters. The first-order valence-corrected chi connectivity index (χ1v) is 9.97. The molecular weight excluding hydrogens is 357 g/mol. The molecule has 2 rings (SSSR count). The Hall–Kier alpha value is -2.37. The minimum absolute atomic E-state index is 0.0834. The van der Waals surface area contributed by atoms with Gasteiger partial charge < -0.3 is 16.0 Å². The third-order valence-corrected chi connectivity index (χ3v) is 4.89. The molecular formula is C22H32FN3O2. The third-order valence-electron chi connectivity index (χ3n) is 4.89. The largest absolute Gasteiger partial charge is 0.366 e. The van der Waals surface area contributed by atoms with Crippen molar-refractivity contribution in [1.29, 1.82) is 0 Å². The van der Waals surface area contributed by atoms with Crippen LogP contribution in [0.2, 0.25) is 0 Å². The van der Waals surface area contributed by atoms with E-state index in [9.17, 15) is 14.0 Å². The lowest BCUT2D eigenvalue weighted by Crippen LogP contribution is -2.40. The van der Waals surface area contributed by atoms with E-state index in [1.54, 1.807) is 13.0 Å². The summed E-state index contributed by atoms with van der Waals surface area (Å²) in [5, 5.41) is 8.78. The molecule has 6 heteroatoms. The van der Waals surface area contributed by atoms with Crippen molar-refractivity contribution in [1.82, 2.24) is 16.0 Å². The van der Waals surface area contributed by atoms with Crippen LogP contribution in [0.15, 0.2) is 47.3 Å². The van der Waals surface area contributed by atoms with Gasteiger partial charge in [-0.15, -0.1) is 0 Å². The van der Waals surface area contributed by atoms with Gasteiger partial charge in [0.2, 0.25) is 5.91 Å². The molecule has 1 heterocycles. The lowest BCUT2D eigenvalue weighted by Gasteiger charge is -2.23. The van der Waals surface area contributed by atoms with Gasteiger partial charge in [0.25, 0.3) is 5.91 Å². The number of rotatable bonds is 9. The fourth-order valence-electron chi connectivity index (χ4n) is 3.17. The molecule has 2 aliphatic rings. The van der Waals surface area contributed by atoms with Gasteiger partial charge in [-0.1, -0.05) is 18.2 Å². The summed E-state index contributed by atoms with van der Waals surface area (Å²) in [6.07, 6.45) is 7.87. The van der Waals surface area contributed by atoms with Crippen molar-refractivity contribution in [2.45, 2.75) is 71.6 Å². The number of allylic oxidation sites excluding steroid dienone is 2. The van der Waals surface area contributed by atoms with Crippen LogP contribution in [0.25, 0.3) is 0 Å². The van der Waals surface area contributed by atoms with E-state index in [1.165, 1.54) is 6.92 Å². The van der Waals surface area contributed by atoms with E-state index >= 15 is 0 Å². The first kappa shape index (κ1) is 21.9. The fourth-order valence-corrected chi connectivity index (χ4v) is 3.17. The second-order valence-electron chi connectivity index (χ2n) is 7.88. The van der Waals surface area contributed by atoms with Gasteiger partial charge in [0, 0.05) is 24.6 Å². The van der Waals surface area contributed by atoms with Gasteiger partial charge in [-0.2, -0.15) is 0 Å². The van der Waals surface area contributed by atoms with Crippen molar-refractivity contribution in [3.8, 4) is 0 Å². The molecule has 1 saturated carbocycles. The van der Waals surface area contributed by atoms with Gasteiger partial charge in [-0.3, -0.25) is 9.59 Å². The van der Waals surface area contributed by atoms with E-state index in [0.29, 0.717) is 30.2 Å². The number of carbonyl (C=O) groups is 2. The molecule has 3 atom stereocenters. The molecule has 0 radical (unpaired) electrons. The van der Waals surface area contributed by atoms with Crippen LogP contribution in [0, 0.1) is 5.92 Å². The molecule has 1 aliphatic heterocycles. The van der Waals surface area contributed by atoms with Crippen molar-refractivity contribution in [2.24, 2.45) is 5.92 Å². The molecule has 5 nitrogen and oxygen atoms in total. The number of amides is 2. The van der Waals surface area contributed by atoms with Crippen LogP contribution in [0.1, 0.15) is 53.4 Å². The first-order valence-electron chi connectivity index (χ1n) is 9.97. The van der Waals surface area contributed by atoms with E-state index in [0.717, 1.165) is 24.0 Å². The lowest BCUT2D eigenvalue weighted by molar-refractivity contribution is -0.119. The molecule has 3 N–H and O–H groups in total. The zero-order valence-corrected chi connectivity index (χ0v) is 17.3. The maximum atomic E-state index is 13.4. The van der Waals surface area contributed by atoms with Crippen molar-refractivity contribution in [3.63, 3.8) is 0 Å². The Morgan fingerprint density at radius 3 is 2.64 bits per heavy atom. The summed E-state index contributed by atoms with van der Waals surface area (Å²) in [7, 11) is 0. The Kier molecular flexibility index (Phi) is 7.61. The Labute approximate surface area is 167 Å². The Morgan fingerprint density at radius 1 is 1.39 bits per heavy atom. The monoisotopic (exact) mass is 389 g/mol. The van der Waals surface area contributed by atoms with Crippen molar-refractivity contribution in [2.75, 3.05) is 0 Å². The van der Waals surface area contributed by atoms with Gasteiger partial charge in [0.05, 0.1) is 6.17 Å². The molecule has 2 amide bonds. The number of nitrogens with one attached hydrogen (secondary N) is 3. The normalized spacial score (nSPS) is 21.6. The van der Waals surface area contributed by atoms with Gasteiger partial charge >= 0.3 is 0 Å². The molecule has 0 aromatic rings. The molecule has 28 heavy (non-hydrogen) atoms. The molecule has 1 aliphatic carbocycles. The number of hydrogen-bond acceptors (Lipinski definition) is 3. The number of halogens is 1. The van der Waals surface area contributed by atoms with Crippen molar-refractivity contribution < 1.29 is 14.0 Å². The SMILES string of the molecule is C=C(/C=C(\CC[C@@H](C)F)C(C)NC(=O)C1=CC(C)NC(NC(C)=O)=C1)C1CC1. The predicted octanol–water partition coefficient (Wildman–Crippen LogP) is 3.42. The van der Waals surface area contributed by atoms with Crippen LogP contribution < -0.4 is 16.0 Å². The summed E-state index contributed by atoms with van der Waals surface area (Å²) in [5.41, 5.74) is 2.54. The molecule has 0 aromatic heterocycles. The minimum atomic E-state index is -0.892. The highest BCUT2D eigenvalue weighted by molar-refractivity contribution is 5.97. The second-order valence-corrected chi connectivity index (χ2v) is 7.88. The Morgan fingerprint density at radius 2 is 2.07 bits per heavy atom. The van der Waals surface area contributed by atoms with Crippen molar-refractivity contribution >= 4 is 11.8 Å². The van der Waals surface area contributed by atoms with Gasteiger partial charge in [-0.25, -0.2) is 4.39 Å². The number of hydrogen-bond donors (Lipinski definition) is 3. The van der Waals surface area contributed by atoms with E-state index in [4.69, 9.17) is 0 Å². The van der Waals surface area contributed by atoms with Gasteiger partial charge in [0.15, 0.2) is 0 Å². The molecule has 1 fully saturated rings. The summed E-state index contributed by atoms with van der Waals surface area (Å²) in [4.78, 5) is 24.1. The summed E-state index contributed by atoms with van der Waals surface area (Å²) >= 11 is 0. The fraction of sp³-hybridized carbons (Fsp3) is 0.545.